The average Bonchev–Trinajstić information content (AvgIpc) is 3.07. The molecule has 1 aromatic heterocycles. The molecule has 8 heteroatoms. The first-order valence-electron chi connectivity index (χ1n) is 6.47. The standard InChI is InChI=1S/C12H18N4O4/c1-7(8-4-14-15-5-8)16-12(19)13-6-9-2-3-10(20-9)11(17)18/h4-5,7,9-10H,2-3,6H2,1H3,(H,14,15)(H,17,18)(H2,13,16,19). The number of urea groups is 1. The molecule has 0 radical (unpaired) electrons. The number of carboxylic acid groups (broad SMARTS) is 1. The van der Waals surface area contributed by atoms with Gasteiger partial charge in [0.1, 0.15) is 0 Å². The van der Waals surface area contributed by atoms with E-state index in [9.17, 15) is 9.59 Å². The third kappa shape index (κ3) is 3.70. The zero-order chi connectivity index (χ0) is 14.5. The van der Waals surface area contributed by atoms with Crippen molar-refractivity contribution in [3.05, 3.63) is 18.0 Å². The largest absolute Gasteiger partial charge is 0.479 e. The molecule has 2 heterocycles. The summed E-state index contributed by atoms with van der Waals surface area (Å²) in [5.41, 5.74) is 0.878. The number of rotatable bonds is 5. The van der Waals surface area contributed by atoms with E-state index in [4.69, 9.17) is 9.84 Å². The van der Waals surface area contributed by atoms with E-state index in [1.165, 1.54) is 0 Å². The Balaban J connectivity index is 1.69. The number of amides is 2. The molecule has 2 amide bonds. The summed E-state index contributed by atoms with van der Waals surface area (Å²) in [5.74, 6) is -0.953. The zero-order valence-corrected chi connectivity index (χ0v) is 11.1. The Morgan fingerprint density at radius 1 is 1.60 bits per heavy atom. The number of nitrogens with zero attached hydrogens (tertiary/aromatic N) is 1. The minimum atomic E-state index is -0.953. The Morgan fingerprint density at radius 2 is 2.40 bits per heavy atom. The predicted octanol–water partition coefficient (Wildman–Crippen LogP) is 0.402. The van der Waals surface area contributed by atoms with Gasteiger partial charge in [0.2, 0.25) is 0 Å². The monoisotopic (exact) mass is 282 g/mol. The number of H-pyrrole nitrogens is 1. The molecule has 1 saturated heterocycles. The second kappa shape index (κ2) is 6.38. The van der Waals surface area contributed by atoms with Gasteiger partial charge in [0.25, 0.3) is 0 Å². The van der Waals surface area contributed by atoms with Gasteiger partial charge in [-0.25, -0.2) is 9.59 Å². The number of aromatic nitrogens is 2. The van der Waals surface area contributed by atoms with Crippen LogP contribution in [-0.2, 0) is 9.53 Å². The molecule has 4 N–H and O–H groups in total. The molecule has 0 bridgehead atoms. The first-order valence-corrected chi connectivity index (χ1v) is 6.47. The zero-order valence-electron chi connectivity index (χ0n) is 11.1. The van der Waals surface area contributed by atoms with Crippen molar-refractivity contribution < 1.29 is 19.4 Å². The molecule has 2 rings (SSSR count). The Bertz CT molecular complexity index is 462. The maximum atomic E-state index is 11.7. The molecule has 20 heavy (non-hydrogen) atoms. The van der Waals surface area contributed by atoms with Crippen LogP contribution >= 0.6 is 0 Å². The van der Waals surface area contributed by atoms with E-state index in [0.717, 1.165) is 5.56 Å². The Hall–Kier alpha value is -2.09. The summed E-state index contributed by atoms with van der Waals surface area (Å²) in [6.07, 6.45) is 3.47. The van der Waals surface area contributed by atoms with Gasteiger partial charge in [-0.05, 0) is 19.8 Å². The number of carbonyl (C=O) groups is 2. The lowest BCUT2D eigenvalue weighted by Gasteiger charge is -2.15. The first kappa shape index (κ1) is 14.3. The third-order valence-electron chi connectivity index (χ3n) is 3.24. The van der Waals surface area contributed by atoms with Crippen molar-refractivity contribution in [2.45, 2.75) is 38.0 Å². The van der Waals surface area contributed by atoms with Gasteiger partial charge >= 0.3 is 12.0 Å². The van der Waals surface area contributed by atoms with Crippen LogP contribution in [0.5, 0.6) is 0 Å². The maximum Gasteiger partial charge on any atom is 0.332 e. The van der Waals surface area contributed by atoms with Crippen molar-refractivity contribution in [2.24, 2.45) is 0 Å². The lowest BCUT2D eigenvalue weighted by Crippen LogP contribution is -2.41. The lowest BCUT2D eigenvalue weighted by atomic mass is 10.2. The van der Waals surface area contributed by atoms with Gasteiger partial charge in [-0.1, -0.05) is 0 Å². The van der Waals surface area contributed by atoms with Gasteiger partial charge in [-0.2, -0.15) is 5.10 Å². The number of aliphatic carboxylic acids is 1. The number of aromatic amines is 1. The molecule has 0 spiro atoms. The molecule has 1 fully saturated rings. The summed E-state index contributed by atoms with van der Waals surface area (Å²) in [4.78, 5) is 22.4. The van der Waals surface area contributed by atoms with E-state index < -0.39 is 12.1 Å². The van der Waals surface area contributed by atoms with Gasteiger partial charge < -0.3 is 20.5 Å². The number of ether oxygens (including phenoxy) is 1. The van der Waals surface area contributed by atoms with Crippen LogP contribution in [0.3, 0.4) is 0 Å². The molecule has 1 aliphatic rings. The fraction of sp³-hybridized carbons (Fsp3) is 0.583. The van der Waals surface area contributed by atoms with Crippen LogP contribution in [-0.4, -0.2) is 46.1 Å². The van der Waals surface area contributed by atoms with E-state index >= 15 is 0 Å². The van der Waals surface area contributed by atoms with Crippen LogP contribution in [0.2, 0.25) is 0 Å². The van der Waals surface area contributed by atoms with Crippen LogP contribution in [0.1, 0.15) is 31.4 Å². The molecular formula is C12H18N4O4. The van der Waals surface area contributed by atoms with Crippen molar-refractivity contribution in [1.29, 1.82) is 0 Å². The van der Waals surface area contributed by atoms with E-state index in [1.807, 2.05) is 6.92 Å². The fourth-order valence-corrected chi connectivity index (χ4v) is 2.07. The summed E-state index contributed by atoms with van der Waals surface area (Å²) in [5, 5.41) is 20.7. The molecular weight excluding hydrogens is 264 g/mol. The van der Waals surface area contributed by atoms with Crippen LogP contribution in [0.4, 0.5) is 4.79 Å². The number of carboxylic acids is 1. The lowest BCUT2D eigenvalue weighted by molar-refractivity contribution is -0.149. The van der Waals surface area contributed by atoms with Gasteiger partial charge in [0.15, 0.2) is 6.10 Å². The summed E-state index contributed by atoms with van der Waals surface area (Å²) < 4.78 is 5.29. The van der Waals surface area contributed by atoms with Crippen molar-refractivity contribution >= 4 is 12.0 Å². The second-order valence-corrected chi connectivity index (χ2v) is 4.77. The molecule has 0 saturated carbocycles. The van der Waals surface area contributed by atoms with Gasteiger partial charge in [0, 0.05) is 18.3 Å². The Kier molecular flexibility index (Phi) is 4.57. The highest BCUT2D eigenvalue weighted by Gasteiger charge is 2.30. The smallest absolute Gasteiger partial charge is 0.332 e. The third-order valence-corrected chi connectivity index (χ3v) is 3.24. The summed E-state index contributed by atoms with van der Waals surface area (Å²) >= 11 is 0. The maximum absolute atomic E-state index is 11.7. The number of carbonyl (C=O) groups excluding carboxylic acids is 1. The minimum Gasteiger partial charge on any atom is -0.479 e. The highest BCUT2D eigenvalue weighted by Crippen LogP contribution is 2.19. The normalized spacial score (nSPS) is 23.2. The van der Waals surface area contributed by atoms with Crippen LogP contribution < -0.4 is 10.6 Å². The molecule has 0 aromatic carbocycles. The summed E-state index contributed by atoms with van der Waals surface area (Å²) in [6.45, 7) is 2.14. The molecule has 1 aromatic rings. The quantitative estimate of drug-likeness (QED) is 0.624. The van der Waals surface area contributed by atoms with E-state index in [2.05, 4.69) is 20.8 Å². The summed E-state index contributed by atoms with van der Waals surface area (Å²) in [6, 6.07) is -0.480. The van der Waals surface area contributed by atoms with Gasteiger partial charge in [0.05, 0.1) is 18.3 Å². The van der Waals surface area contributed by atoms with Crippen molar-refractivity contribution in [2.75, 3.05) is 6.54 Å². The van der Waals surface area contributed by atoms with Gasteiger partial charge in [-0.3, -0.25) is 5.10 Å². The second-order valence-electron chi connectivity index (χ2n) is 4.77. The number of hydrogen-bond acceptors (Lipinski definition) is 4. The molecule has 1 aliphatic heterocycles. The number of nitrogens with one attached hydrogen (secondary N) is 3. The number of hydrogen-bond donors (Lipinski definition) is 4. The van der Waals surface area contributed by atoms with Crippen LogP contribution in [0, 0.1) is 0 Å². The Morgan fingerprint density at radius 3 is 3.00 bits per heavy atom. The molecule has 3 unspecified atom stereocenters. The molecule has 0 aliphatic carbocycles. The first-order chi connectivity index (χ1) is 9.56. The predicted molar refractivity (Wildman–Crippen MR) is 69.1 cm³/mol. The van der Waals surface area contributed by atoms with Crippen LogP contribution in [0.25, 0.3) is 0 Å². The highest BCUT2D eigenvalue weighted by molar-refractivity contribution is 5.74. The average molecular weight is 282 g/mol. The van der Waals surface area contributed by atoms with E-state index in [-0.39, 0.29) is 18.2 Å². The summed E-state index contributed by atoms with van der Waals surface area (Å²) in [7, 11) is 0. The van der Waals surface area contributed by atoms with Crippen molar-refractivity contribution in [1.82, 2.24) is 20.8 Å². The molecule has 8 nitrogen and oxygen atoms in total. The van der Waals surface area contributed by atoms with Crippen LogP contribution in [0.15, 0.2) is 12.4 Å². The molecule has 3 atom stereocenters. The Labute approximate surface area is 115 Å². The minimum absolute atomic E-state index is 0.162. The van der Waals surface area contributed by atoms with Crippen molar-refractivity contribution in [3.63, 3.8) is 0 Å². The van der Waals surface area contributed by atoms with Crippen molar-refractivity contribution in [3.8, 4) is 0 Å². The van der Waals surface area contributed by atoms with Gasteiger partial charge in [-0.15, -0.1) is 0 Å². The van der Waals surface area contributed by atoms with E-state index in [1.54, 1.807) is 12.4 Å². The topological polar surface area (TPSA) is 116 Å². The SMILES string of the molecule is CC(NC(=O)NCC1CCC(C(=O)O)O1)c1cn[nH]c1. The van der Waals surface area contributed by atoms with E-state index in [0.29, 0.717) is 19.4 Å². The fourth-order valence-electron chi connectivity index (χ4n) is 2.07. The highest BCUT2D eigenvalue weighted by atomic mass is 16.5. The molecule has 110 valence electrons.